The number of aromatic amines is 1. The van der Waals surface area contributed by atoms with Gasteiger partial charge >= 0.3 is 0 Å². The van der Waals surface area contributed by atoms with Crippen LogP contribution >= 0.6 is 0 Å². The average Bonchev–Trinajstić information content (AvgIpc) is 2.84. The molecular formula is C17H32N4. The molecule has 21 heavy (non-hydrogen) atoms. The van der Waals surface area contributed by atoms with Crippen molar-refractivity contribution in [1.29, 1.82) is 0 Å². The Bertz CT molecular complexity index is 424. The number of nitrogens with one attached hydrogen (secondary N) is 2. The topological polar surface area (TPSA) is 44.0 Å². The van der Waals surface area contributed by atoms with Crippen molar-refractivity contribution in [3.8, 4) is 0 Å². The molecule has 0 aromatic carbocycles. The number of H-pyrrole nitrogens is 1. The smallest absolute Gasteiger partial charge is 0.106 e. The Morgan fingerprint density at radius 1 is 1.38 bits per heavy atom. The molecule has 1 atom stereocenters. The molecule has 4 heteroatoms. The SMILES string of the molecule is CCc1nc(CNCCC2CCCCN2C(C)C)c(C)[nH]1. The average molecular weight is 292 g/mol. The van der Waals surface area contributed by atoms with Crippen LogP contribution in [0, 0.1) is 6.92 Å². The fourth-order valence-electron chi connectivity index (χ4n) is 3.39. The number of imidazole rings is 1. The van der Waals surface area contributed by atoms with Gasteiger partial charge in [-0.15, -0.1) is 0 Å². The lowest BCUT2D eigenvalue weighted by Gasteiger charge is -2.38. The standard InChI is InChI=1S/C17H32N4/c1-5-17-19-14(4)16(20-17)12-18-10-9-15-8-6-7-11-21(15)13(2)3/h13,15,18H,5-12H2,1-4H3,(H,19,20). The first-order valence-electron chi connectivity index (χ1n) is 8.62. The Balaban J connectivity index is 1.74. The zero-order valence-corrected chi connectivity index (χ0v) is 14.2. The number of aryl methyl sites for hydroxylation is 2. The van der Waals surface area contributed by atoms with E-state index in [9.17, 15) is 0 Å². The summed E-state index contributed by atoms with van der Waals surface area (Å²) in [5.41, 5.74) is 2.39. The van der Waals surface area contributed by atoms with Crippen LogP contribution in [0.15, 0.2) is 0 Å². The van der Waals surface area contributed by atoms with E-state index in [0.717, 1.165) is 31.4 Å². The van der Waals surface area contributed by atoms with E-state index in [2.05, 4.69) is 47.9 Å². The third-order valence-electron chi connectivity index (χ3n) is 4.65. The summed E-state index contributed by atoms with van der Waals surface area (Å²) < 4.78 is 0. The zero-order valence-electron chi connectivity index (χ0n) is 14.2. The highest BCUT2D eigenvalue weighted by Crippen LogP contribution is 2.21. The molecule has 0 spiro atoms. The summed E-state index contributed by atoms with van der Waals surface area (Å²) in [5.74, 6) is 1.10. The quantitative estimate of drug-likeness (QED) is 0.759. The fourth-order valence-corrected chi connectivity index (χ4v) is 3.39. The summed E-state index contributed by atoms with van der Waals surface area (Å²) in [6, 6.07) is 1.44. The Labute approximate surface area is 129 Å². The van der Waals surface area contributed by atoms with Gasteiger partial charge in [0, 0.05) is 30.7 Å². The first-order chi connectivity index (χ1) is 10.1. The molecule has 0 radical (unpaired) electrons. The summed E-state index contributed by atoms with van der Waals surface area (Å²) in [4.78, 5) is 10.7. The maximum absolute atomic E-state index is 4.63. The molecule has 0 amide bonds. The second-order valence-corrected chi connectivity index (χ2v) is 6.56. The van der Waals surface area contributed by atoms with Crippen molar-refractivity contribution in [3.63, 3.8) is 0 Å². The first-order valence-corrected chi connectivity index (χ1v) is 8.62. The minimum absolute atomic E-state index is 0.677. The van der Waals surface area contributed by atoms with Crippen molar-refractivity contribution in [2.75, 3.05) is 13.1 Å². The van der Waals surface area contributed by atoms with Gasteiger partial charge in [0.15, 0.2) is 0 Å². The molecule has 1 fully saturated rings. The van der Waals surface area contributed by atoms with Crippen LogP contribution < -0.4 is 5.32 Å². The van der Waals surface area contributed by atoms with E-state index < -0.39 is 0 Å². The summed E-state index contributed by atoms with van der Waals surface area (Å²) >= 11 is 0. The molecule has 2 N–H and O–H groups in total. The van der Waals surface area contributed by atoms with Gasteiger partial charge in [0.05, 0.1) is 5.69 Å². The van der Waals surface area contributed by atoms with Gasteiger partial charge in [0.25, 0.3) is 0 Å². The number of piperidine rings is 1. The van der Waals surface area contributed by atoms with E-state index in [1.54, 1.807) is 0 Å². The van der Waals surface area contributed by atoms with Crippen LogP contribution in [0.3, 0.4) is 0 Å². The highest BCUT2D eigenvalue weighted by atomic mass is 15.2. The largest absolute Gasteiger partial charge is 0.346 e. The van der Waals surface area contributed by atoms with Crippen molar-refractivity contribution >= 4 is 0 Å². The zero-order chi connectivity index (χ0) is 15.2. The monoisotopic (exact) mass is 292 g/mol. The van der Waals surface area contributed by atoms with Gasteiger partial charge in [0.1, 0.15) is 5.82 Å². The third kappa shape index (κ3) is 4.55. The minimum Gasteiger partial charge on any atom is -0.346 e. The summed E-state index contributed by atoms with van der Waals surface area (Å²) in [6.07, 6.45) is 6.36. The number of rotatable bonds is 7. The molecule has 1 unspecified atom stereocenters. The Morgan fingerprint density at radius 2 is 2.19 bits per heavy atom. The molecule has 0 saturated carbocycles. The van der Waals surface area contributed by atoms with E-state index in [-0.39, 0.29) is 0 Å². The second kappa shape index (κ2) is 7.95. The van der Waals surface area contributed by atoms with Crippen molar-refractivity contribution in [3.05, 3.63) is 17.2 Å². The van der Waals surface area contributed by atoms with Gasteiger partial charge in [-0.1, -0.05) is 13.3 Å². The highest BCUT2D eigenvalue weighted by molar-refractivity contribution is 5.12. The Hall–Kier alpha value is -0.870. The number of hydrogen-bond donors (Lipinski definition) is 2. The molecule has 0 aliphatic carbocycles. The van der Waals surface area contributed by atoms with Gasteiger partial charge in [-0.3, -0.25) is 4.90 Å². The van der Waals surface area contributed by atoms with E-state index in [1.165, 1.54) is 43.6 Å². The van der Waals surface area contributed by atoms with Crippen LogP contribution in [0.25, 0.3) is 0 Å². The maximum atomic E-state index is 4.63. The van der Waals surface area contributed by atoms with E-state index in [0.29, 0.717) is 6.04 Å². The molecule has 1 aromatic rings. The van der Waals surface area contributed by atoms with Crippen molar-refractivity contribution in [2.45, 2.75) is 78.4 Å². The molecule has 4 nitrogen and oxygen atoms in total. The lowest BCUT2D eigenvalue weighted by atomic mass is 9.98. The van der Waals surface area contributed by atoms with Crippen molar-refractivity contribution in [2.24, 2.45) is 0 Å². The summed E-state index contributed by atoms with van der Waals surface area (Å²) in [5, 5.41) is 3.58. The molecular weight excluding hydrogens is 260 g/mol. The van der Waals surface area contributed by atoms with E-state index in [1.807, 2.05) is 0 Å². The van der Waals surface area contributed by atoms with Crippen LogP contribution in [0.1, 0.15) is 63.7 Å². The first kappa shape index (κ1) is 16.5. The summed E-state index contributed by atoms with van der Waals surface area (Å²) in [6.45, 7) is 12.2. The second-order valence-electron chi connectivity index (χ2n) is 6.56. The molecule has 1 aliphatic rings. The van der Waals surface area contributed by atoms with E-state index >= 15 is 0 Å². The van der Waals surface area contributed by atoms with Crippen LogP contribution in [-0.4, -0.2) is 40.0 Å². The van der Waals surface area contributed by atoms with Gasteiger partial charge in [-0.05, 0) is 53.1 Å². The lowest BCUT2D eigenvalue weighted by molar-refractivity contribution is 0.105. The molecule has 2 rings (SSSR count). The maximum Gasteiger partial charge on any atom is 0.106 e. The van der Waals surface area contributed by atoms with Crippen LogP contribution in [0.4, 0.5) is 0 Å². The Kier molecular flexibility index (Phi) is 6.24. The van der Waals surface area contributed by atoms with Gasteiger partial charge in [0.2, 0.25) is 0 Å². The molecule has 120 valence electrons. The van der Waals surface area contributed by atoms with Crippen LogP contribution in [0.2, 0.25) is 0 Å². The highest BCUT2D eigenvalue weighted by Gasteiger charge is 2.23. The van der Waals surface area contributed by atoms with Crippen LogP contribution in [0.5, 0.6) is 0 Å². The van der Waals surface area contributed by atoms with Crippen molar-refractivity contribution < 1.29 is 0 Å². The number of nitrogens with zero attached hydrogens (tertiary/aromatic N) is 2. The minimum atomic E-state index is 0.677. The summed E-state index contributed by atoms with van der Waals surface area (Å²) in [7, 11) is 0. The molecule has 0 bridgehead atoms. The van der Waals surface area contributed by atoms with Gasteiger partial charge in [-0.25, -0.2) is 4.98 Å². The predicted octanol–water partition coefficient (Wildman–Crippen LogP) is 3.02. The Morgan fingerprint density at radius 3 is 2.86 bits per heavy atom. The fraction of sp³-hybridized carbons (Fsp3) is 0.824. The van der Waals surface area contributed by atoms with Gasteiger partial charge < -0.3 is 10.3 Å². The predicted molar refractivity (Wildman–Crippen MR) is 88.5 cm³/mol. The molecule has 1 aromatic heterocycles. The number of hydrogen-bond acceptors (Lipinski definition) is 3. The van der Waals surface area contributed by atoms with E-state index in [4.69, 9.17) is 0 Å². The van der Waals surface area contributed by atoms with Gasteiger partial charge in [-0.2, -0.15) is 0 Å². The van der Waals surface area contributed by atoms with Crippen molar-refractivity contribution in [1.82, 2.24) is 20.2 Å². The molecule has 2 heterocycles. The molecule has 1 aliphatic heterocycles. The van der Waals surface area contributed by atoms with Crippen LogP contribution in [-0.2, 0) is 13.0 Å². The number of aromatic nitrogens is 2. The normalized spacial score (nSPS) is 20.3. The molecule has 1 saturated heterocycles. The lowest BCUT2D eigenvalue weighted by Crippen LogP contribution is -2.45. The third-order valence-corrected chi connectivity index (χ3v) is 4.65. The number of likely N-dealkylation sites (tertiary alicyclic amines) is 1.